The zero-order valence-corrected chi connectivity index (χ0v) is 31.4. The zero-order chi connectivity index (χ0) is 31.2. The summed E-state index contributed by atoms with van der Waals surface area (Å²) in [5.74, 6) is -0.130. The van der Waals surface area contributed by atoms with Crippen molar-refractivity contribution in [1.29, 1.82) is 0 Å². The van der Waals surface area contributed by atoms with Crippen molar-refractivity contribution in [2.45, 2.75) is 219 Å². The number of quaternary nitrogens is 1. The first-order valence-corrected chi connectivity index (χ1v) is 18.8. The Kier molecular flexibility index (Phi) is 53.0. The van der Waals surface area contributed by atoms with E-state index in [1.807, 2.05) is 0 Å². The first kappa shape index (κ1) is 50.1. The predicted octanol–water partition coefficient (Wildman–Crippen LogP) is 10.2. The van der Waals surface area contributed by atoms with E-state index in [4.69, 9.17) is 0 Å². The standard InChI is InChI=1S/2C19H38O2.ClH.H3N/c2*1-3-4-5-6-7-8-9-10-11-12-13-14-15-16-17-18-19(20)21-2;;/h2*3-18H2,1-2H3;1H;1H3. The number of unbranched alkanes of at least 4 members (excludes halogenated alkanes) is 28. The van der Waals surface area contributed by atoms with Gasteiger partial charge in [0.15, 0.2) is 0 Å². The van der Waals surface area contributed by atoms with Gasteiger partial charge in [-0.25, -0.2) is 0 Å². The Labute approximate surface area is 282 Å². The molecule has 0 fully saturated rings. The molecule has 5 nitrogen and oxygen atoms in total. The summed E-state index contributed by atoms with van der Waals surface area (Å²) < 4.78 is 9.26. The molecule has 0 aliphatic carbocycles. The summed E-state index contributed by atoms with van der Waals surface area (Å²) in [6.45, 7) is 4.55. The van der Waals surface area contributed by atoms with Crippen LogP contribution in [0.4, 0.5) is 0 Å². The summed E-state index contributed by atoms with van der Waals surface area (Å²) in [6.07, 6.45) is 41.9. The molecule has 0 saturated heterocycles. The number of ether oxygens (including phenoxy) is 2. The van der Waals surface area contributed by atoms with E-state index in [1.165, 1.54) is 194 Å². The van der Waals surface area contributed by atoms with Gasteiger partial charge in [-0.1, -0.05) is 194 Å². The summed E-state index contributed by atoms with van der Waals surface area (Å²) in [7, 11) is 2.93. The molecular weight excluding hydrogens is 570 g/mol. The van der Waals surface area contributed by atoms with Crippen LogP contribution in [0.1, 0.15) is 219 Å². The molecule has 0 unspecified atom stereocenters. The molecule has 0 aromatic carbocycles. The highest BCUT2D eigenvalue weighted by molar-refractivity contribution is 5.69. The van der Waals surface area contributed by atoms with Gasteiger partial charge < -0.3 is 28.0 Å². The molecule has 0 amide bonds. The number of halogens is 1. The molecule has 4 N–H and O–H groups in total. The first-order chi connectivity index (χ1) is 20.6. The van der Waals surface area contributed by atoms with Gasteiger partial charge in [-0.3, -0.25) is 9.59 Å². The number of carbonyl (C=O) groups is 2. The van der Waals surface area contributed by atoms with Gasteiger partial charge >= 0.3 is 11.9 Å². The average molecular weight is 651 g/mol. The Morgan fingerprint density at radius 3 is 0.659 bits per heavy atom. The average Bonchev–Trinajstić information content (AvgIpc) is 3.01. The van der Waals surface area contributed by atoms with Crippen molar-refractivity contribution >= 4 is 11.9 Å². The van der Waals surface area contributed by atoms with Crippen LogP contribution < -0.4 is 18.6 Å². The number of hydrogen-bond acceptors (Lipinski definition) is 4. The van der Waals surface area contributed by atoms with Crippen LogP contribution in [0.5, 0.6) is 0 Å². The van der Waals surface area contributed by atoms with Crippen LogP contribution in [0, 0.1) is 0 Å². The van der Waals surface area contributed by atoms with Crippen LogP contribution in [0.2, 0.25) is 0 Å². The molecule has 0 aromatic rings. The van der Waals surface area contributed by atoms with Crippen LogP contribution in [-0.2, 0) is 19.1 Å². The minimum absolute atomic E-state index is 0. The summed E-state index contributed by atoms with van der Waals surface area (Å²) in [4.78, 5) is 21.8. The van der Waals surface area contributed by atoms with Gasteiger partial charge in [0, 0.05) is 12.8 Å². The lowest BCUT2D eigenvalue weighted by atomic mass is 10.0. The maximum absolute atomic E-state index is 10.9. The molecule has 0 aliphatic rings. The van der Waals surface area contributed by atoms with Crippen LogP contribution in [0.3, 0.4) is 0 Å². The second-order valence-electron chi connectivity index (χ2n) is 12.6. The van der Waals surface area contributed by atoms with Crippen molar-refractivity contribution in [2.75, 3.05) is 14.2 Å². The molecule has 44 heavy (non-hydrogen) atoms. The highest BCUT2D eigenvalue weighted by atomic mass is 35.5. The van der Waals surface area contributed by atoms with Crippen LogP contribution in [0.25, 0.3) is 0 Å². The molecule has 268 valence electrons. The molecule has 0 rings (SSSR count). The van der Waals surface area contributed by atoms with Gasteiger partial charge in [0.1, 0.15) is 0 Å². The molecule has 0 heterocycles. The third-order valence-corrected chi connectivity index (χ3v) is 8.42. The minimum Gasteiger partial charge on any atom is -1.00 e. The van der Waals surface area contributed by atoms with Crippen molar-refractivity contribution in [2.24, 2.45) is 0 Å². The summed E-state index contributed by atoms with van der Waals surface area (Å²) in [5.41, 5.74) is 0. The molecule has 6 heteroatoms. The molecule has 0 aliphatic heterocycles. The maximum atomic E-state index is 10.9. The number of carbonyl (C=O) groups excluding carboxylic acids is 2. The zero-order valence-electron chi connectivity index (χ0n) is 30.6. The van der Waals surface area contributed by atoms with Crippen LogP contribution in [-0.4, -0.2) is 26.2 Å². The van der Waals surface area contributed by atoms with E-state index >= 15 is 0 Å². The summed E-state index contributed by atoms with van der Waals surface area (Å²) in [5, 5.41) is 0. The van der Waals surface area contributed by atoms with Gasteiger partial charge in [-0.2, -0.15) is 0 Å². The lowest BCUT2D eigenvalue weighted by Crippen LogP contribution is -3.00. The predicted molar refractivity (Wildman–Crippen MR) is 189 cm³/mol. The monoisotopic (exact) mass is 650 g/mol. The molecule has 0 radical (unpaired) electrons. The Morgan fingerprint density at radius 2 is 0.500 bits per heavy atom. The largest absolute Gasteiger partial charge is 1.00 e. The highest BCUT2D eigenvalue weighted by Crippen LogP contribution is 2.15. The lowest BCUT2D eigenvalue weighted by molar-refractivity contribution is -0.141. The van der Waals surface area contributed by atoms with Crippen molar-refractivity contribution in [3.05, 3.63) is 0 Å². The molecule has 0 bridgehead atoms. The third kappa shape index (κ3) is 48.1. The van der Waals surface area contributed by atoms with Gasteiger partial charge in [-0.15, -0.1) is 0 Å². The van der Waals surface area contributed by atoms with E-state index < -0.39 is 0 Å². The van der Waals surface area contributed by atoms with E-state index in [0.29, 0.717) is 12.8 Å². The minimum atomic E-state index is -0.0651. The second kappa shape index (κ2) is 46.6. The highest BCUT2D eigenvalue weighted by Gasteiger charge is 2.00. The number of esters is 2. The topological polar surface area (TPSA) is 89.1 Å². The van der Waals surface area contributed by atoms with Crippen LogP contribution in [0.15, 0.2) is 0 Å². The van der Waals surface area contributed by atoms with Gasteiger partial charge in [0.05, 0.1) is 14.2 Å². The Hall–Kier alpha value is -0.810. The molecule has 0 aromatic heterocycles. The Bertz CT molecular complexity index is 487. The molecule has 0 atom stereocenters. The quantitative estimate of drug-likeness (QED) is 0.0580. The summed E-state index contributed by atoms with van der Waals surface area (Å²) >= 11 is 0. The maximum Gasteiger partial charge on any atom is 0.305 e. The van der Waals surface area contributed by atoms with E-state index in [9.17, 15) is 9.59 Å². The van der Waals surface area contributed by atoms with E-state index in [-0.39, 0.29) is 30.5 Å². The SMILES string of the molecule is CCCCCCCCCCCCCCCCCC(=O)OC.CCCCCCCCCCCCCCCCCC(=O)OC.[Cl-].[NH4+]. The fraction of sp³-hybridized carbons (Fsp3) is 0.947. The van der Waals surface area contributed by atoms with Crippen molar-refractivity contribution in [3.63, 3.8) is 0 Å². The molecule has 0 saturated carbocycles. The molecule has 0 spiro atoms. The number of hydrogen-bond donors (Lipinski definition) is 1. The fourth-order valence-corrected chi connectivity index (χ4v) is 5.49. The second-order valence-corrected chi connectivity index (χ2v) is 12.6. The Balaban J connectivity index is -0.000000348. The van der Waals surface area contributed by atoms with E-state index in [2.05, 4.69) is 23.3 Å². The fourth-order valence-electron chi connectivity index (χ4n) is 5.49. The molecular formula is C38H80ClNO4. The smallest absolute Gasteiger partial charge is 0.305 e. The first-order valence-electron chi connectivity index (χ1n) is 18.8. The third-order valence-electron chi connectivity index (χ3n) is 8.42. The summed E-state index contributed by atoms with van der Waals surface area (Å²) in [6, 6.07) is 0. The van der Waals surface area contributed by atoms with Crippen molar-refractivity contribution in [3.8, 4) is 0 Å². The van der Waals surface area contributed by atoms with E-state index in [0.717, 1.165) is 12.8 Å². The van der Waals surface area contributed by atoms with Crippen molar-refractivity contribution < 1.29 is 31.5 Å². The van der Waals surface area contributed by atoms with E-state index in [1.54, 1.807) is 0 Å². The van der Waals surface area contributed by atoms with Crippen LogP contribution >= 0.6 is 0 Å². The lowest BCUT2D eigenvalue weighted by Gasteiger charge is -2.03. The van der Waals surface area contributed by atoms with Gasteiger partial charge in [-0.05, 0) is 12.8 Å². The number of rotatable bonds is 32. The van der Waals surface area contributed by atoms with Gasteiger partial charge in [0.25, 0.3) is 0 Å². The number of methoxy groups -OCH3 is 2. The normalized spacial score (nSPS) is 10.3. The Morgan fingerprint density at radius 1 is 0.341 bits per heavy atom. The van der Waals surface area contributed by atoms with Crippen molar-refractivity contribution in [1.82, 2.24) is 6.15 Å². The van der Waals surface area contributed by atoms with Gasteiger partial charge in [0.2, 0.25) is 0 Å².